The molecule has 0 radical (unpaired) electrons. The fourth-order valence-corrected chi connectivity index (χ4v) is 3.49. The minimum atomic E-state index is -0.784. The summed E-state index contributed by atoms with van der Waals surface area (Å²) >= 11 is 0.698. The van der Waals surface area contributed by atoms with Crippen molar-refractivity contribution >= 4 is 40.9 Å². The van der Waals surface area contributed by atoms with Gasteiger partial charge in [0.15, 0.2) is 11.5 Å². The summed E-state index contributed by atoms with van der Waals surface area (Å²) in [7, 11) is 1.44. The molecule has 1 aliphatic heterocycles. The molecule has 1 saturated heterocycles. The molecule has 0 spiro atoms. The van der Waals surface area contributed by atoms with E-state index in [9.17, 15) is 19.2 Å². The average Bonchev–Trinajstić information content (AvgIpc) is 2.95. The maximum Gasteiger partial charge on any atom is 0.343 e. The molecule has 1 heterocycles. The van der Waals surface area contributed by atoms with Crippen molar-refractivity contribution in [2.24, 2.45) is 5.73 Å². The molecule has 0 saturated carbocycles. The fraction of sp³-hybridized carbons (Fsp3) is 0.143. The highest BCUT2D eigenvalue weighted by Crippen LogP contribution is 2.34. The Hall–Kier alpha value is -3.59. The van der Waals surface area contributed by atoms with E-state index in [4.69, 9.17) is 15.2 Å². The summed E-state index contributed by atoms with van der Waals surface area (Å²) in [6.45, 7) is 1.43. The number of hydrogen-bond donors (Lipinski definition) is 1. The Balaban J connectivity index is 1.85. The number of thioether (sulfide) groups is 1. The highest BCUT2D eigenvalue weighted by molar-refractivity contribution is 8.18. The first-order valence-corrected chi connectivity index (χ1v) is 9.60. The van der Waals surface area contributed by atoms with Gasteiger partial charge in [-0.2, -0.15) is 0 Å². The summed E-state index contributed by atoms with van der Waals surface area (Å²) in [6.07, 6.45) is 1.47. The van der Waals surface area contributed by atoms with Crippen molar-refractivity contribution in [1.82, 2.24) is 4.90 Å². The Morgan fingerprint density at radius 2 is 1.80 bits per heavy atom. The van der Waals surface area contributed by atoms with Gasteiger partial charge in [-0.15, -0.1) is 0 Å². The molecule has 0 aromatic heterocycles. The van der Waals surface area contributed by atoms with Crippen LogP contribution in [0.1, 0.15) is 21.5 Å². The van der Waals surface area contributed by atoms with Crippen LogP contribution in [0.2, 0.25) is 0 Å². The van der Waals surface area contributed by atoms with Crippen molar-refractivity contribution < 1.29 is 28.7 Å². The lowest BCUT2D eigenvalue weighted by Crippen LogP contribution is -2.36. The quantitative estimate of drug-likeness (QED) is 0.429. The number of imide groups is 1. The fourth-order valence-electron chi connectivity index (χ4n) is 2.65. The third-order valence-electron chi connectivity index (χ3n) is 4.16. The van der Waals surface area contributed by atoms with Crippen LogP contribution in [0.4, 0.5) is 4.79 Å². The second-order valence-electron chi connectivity index (χ2n) is 6.40. The van der Waals surface area contributed by atoms with Crippen LogP contribution in [0.25, 0.3) is 6.08 Å². The van der Waals surface area contributed by atoms with Gasteiger partial charge in [0.05, 0.1) is 17.6 Å². The number of ether oxygens (including phenoxy) is 2. The van der Waals surface area contributed by atoms with E-state index in [1.54, 1.807) is 36.4 Å². The normalized spacial score (nSPS) is 14.9. The highest BCUT2D eigenvalue weighted by Gasteiger charge is 2.35. The molecule has 0 atom stereocenters. The van der Waals surface area contributed by atoms with E-state index in [0.29, 0.717) is 28.6 Å². The number of aryl methyl sites for hydroxylation is 1. The average molecular weight is 426 g/mol. The van der Waals surface area contributed by atoms with Gasteiger partial charge in [0.2, 0.25) is 5.91 Å². The third-order valence-corrected chi connectivity index (χ3v) is 5.07. The number of benzene rings is 2. The van der Waals surface area contributed by atoms with Crippen molar-refractivity contribution in [3.05, 3.63) is 64.1 Å². The van der Waals surface area contributed by atoms with Crippen molar-refractivity contribution in [3.8, 4) is 11.5 Å². The predicted molar refractivity (Wildman–Crippen MR) is 111 cm³/mol. The number of nitrogens with two attached hydrogens (primary N) is 1. The summed E-state index contributed by atoms with van der Waals surface area (Å²) in [4.78, 5) is 48.7. The number of esters is 1. The Bertz CT molecular complexity index is 1060. The molecule has 2 N–H and O–H groups in total. The zero-order chi connectivity index (χ0) is 21.8. The molecule has 2 aromatic carbocycles. The molecule has 0 unspecified atom stereocenters. The molecule has 8 nitrogen and oxygen atoms in total. The van der Waals surface area contributed by atoms with Gasteiger partial charge in [-0.1, -0.05) is 23.8 Å². The maximum atomic E-state index is 12.4. The summed E-state index contributed by atoms with van der Waals surface area (Å²) in [5, 5.41) is -0.579. The lowest BCUT2D eigenvalue weighted by Gasteiger charge is -2.11. The number of rotatable bonds is 6. The van der Waals surface area contributed by atoms with Gasteiger partial charge in [-0.3, -0.25) is 19.3 Å². The van der Waals surface area contributed by atoms with Crippen molar-refractivity contribution in [2.75, 3.05) is 13.7 Å². The van der Waals surface area contributed by atoms with E-state index in [1.807, 2.05) is 6.92 Å². The zero-order valence-electron chi connectivity index (χ0n) is 16.2. The molecule has 3 amide bonds. The molecule has 154 valence electrons. The van der Waals surface area contributed by atoms with Crippen LogP contribution < -0.4 is 15.2 Å². The minimum Gasteiger partial charge on any atom is -0.493 e. The summed E-state index contributed by atoms with van der Waals surface area (Å²) in [6, 6.07) is 11.7. The number of carbonyl (C=O) groups is 4. The molecule has 2 aromatic rings. The topological polar surface area (TPSA) is 116 Å². The summed E-state index contributed by atoms with van der Waals surface area (Å²) < 4.78 is 10.7. The van der Waals surface area contributed by atoms with Gasteiger partial charge >= 0.3 is 5.97 Å². The maximum absolute atomic E-state index is 12.4. The number of amides is 3. The lowest BCUT2D eigenvalue weighted by molar-refractivity contribution is -0.127. The molecule has 9 heteroatoms. The van der Waals surface area contributed by atoms with Gasteiger partial charge in [0, 0.05) is 0 Å². The van der Waals surface area contributed by atoms with Crippen LogP contribution in [0.3, 0.4) is 0 Å². The second-order valence-corrected chi connectivity index (χ2v) is 7.39. The smallest absolute Gasteiger partial charge is 0.343 e. The SMILES string of the molecule is COc1ccc(/C=C2\SC(=O)N(CC(N)=O)C2=O)cc1OC(=O)c1ccc(C)cc1. The van der Waals surface area contributed by atoms with E-state index in [0.717, 1.165) is 10.5 Å². The molecule has 0 aliphatic carbocycles. The van der Waals surface area contributed by atoms with E-state index in [1.165, 1.54) is 19.3 Å². The van der Waals surface area contributed by atoms with Crippen molar-refractivity contribution in [2.45, 2.75) is 6.92 Å². The van der Waals surface area contributed by atoms with Gasteiger partial charge < -0.3 is 15.2 Å². The third kappa shape index (κ3) is 4.69. The van der Waals surface area contributed by atoms with E-state index < -0.39 is 29.6 Å². The first-order chi connectivity index (χ1) is 14.3. The number of carbonyl (C=O) groups excluding carboxylic acids is 4. The first-order valence-electron chi connectivity index (χ1n) is 8.79. The predicted octanol–water partition coefficient (Wildman–Crippen LogP) is 2.74. The van der Waals surface area contributed by atoms with Crippen LogP contribution in [-0.2, 0) is 9.59 Å². The standard InChI is InChI=1S/C21H18N2O6S/c1-12-3-6-14(7-4-12)20(26)29-16-9-13(5-8-15(16)28-2)10-17-19(25)23(11-18(22)24)21(27)30-17/h3-10H,11H2,1-2H3,(H2,22,24)/b17-10-. The second kappa shape index (κ2) is 8.83. The Morgan fingerprint density at radius 1 is 1.10 bits per heavy atom. The van der Waals surface area contributed by atoms with Crippen LogP contribution in [0, 0.1) is 6.92 Å². The summed E-state index contributed by atoms with van der Waals surface area (Å²) in [5.74, 6) is -1.47. The number of hydrogen-bond acceptors (Lipinski definition) is 7. The Labute approximate surface area is 176 Å². The van der Waals surface area contributed by atoms with E-state index in [2.05, 4.69) is 0 Å². The number of primary amides is 1. The Kier molecular flexibility index (Phi) is 6.22. The Morgan fingerprint density at radius 3 is 2.43 bits per heavy atom. The van der Waals surface area contributed by atoms with Crippen LogP contribution in [0.5, 0.6) is 11.5 Å². The number of nitrogens with zero attached hydrogens (tertiary/aromatic N) is 1. The molecular weight excluding hydrogens is 408 g/mol. The first kappa shape index (κ1) is 21.1. The van der Waals surface area contributed by atoms with Crippen molar-refractivity contribution in [1.29, 1.82) is 0 Å². The largest absolute Gasteiger partial charge is 0.493 e. The molecule has 3 rings (SSSR count). The molecule has 1 aliphatic rings. The summed E-state index contributed by atoms with van der Waals surface area (Å²) in [5.41, 5.74) is 6.97. The highest BCUT2D eigenvalue weighted by atomic mass is 32.2. The van der Waals surface area contributed by atoms with Crippen LogP contribution in [-0.4, -0.2) is 41.6 Å². The molecule has 1 fully saturated rings. The van der Waals surface area contributed by atoms with Gasteiger partial charge in [0.25, 0.3) is 11.1 Å². The monoisotopic (exact) mass is 426 g/mol. The molecule has 30 heavy (non-hydrogen) atoms. The minimum absolute atomic E-state index is 0.127. The van der Waals surface area contributed by atoms with Crippen molar-refractivity contribution in [3.63, 3.8) is 0 Å². The molecular formula is C21H18N2O6S. The molecule has 0 bridgehead atoms. The zero-order valence-corrected chi connectivity index (χ0v) is 17.0. The van der Waals surface area contributed by atoms with E-state index >= 15 is 0 Å². The lowest BCUT2D eigenvalue weighted by atomic mass is 10.1. The number of methoxy groups -OCH3 is 1. The van der Waals surface area contributed by atoms with Crippen LogP contribution in [0.15, 0.2) is 47.4 Å². The van der Waals surface area contributed by atoms with Gasteiger partial charge in [-0.25, -0.2) is 4.79 Å². The van der Waals surface area contributed by atoms with Gasteiger partial charge in [0.1, 0.15) is 6.54 Å². The van der Waals surface area contributed by atoms with Gasteiger partial charge in [-0.05, 0) is 54.6 Å². The van der Waals surface area contributed by atoms with E-state index in [-0.39, 0.29) is 10.7 Å². The van der Waals surface area contributed by atoms with Crippen LogP contribution >= 0.6 is 11.8 Å².